The summed E-state index contributed by atoms with van der Waals surface area (Å²) in [5.41, 5.74) is 0.501. The van der Waals surface area contributed by atoms with Gasteiger partial charge in [-0.2, -0.15) is 0 Å². The summed E-state index contributed by atoms with van der Waals surface area (Å²) in [6, 6.07) is 16.4. The van der Waals surface area contributed by atoms with Crippen molar-refractivity contribution in [3.8, 4) is 5.75 Å². The fraction of sp³-hybridized carbons (Fsp3) is 0.364. The molecule has 0 aliphatic rings. The molecule has 0 fully saturated rings. The topological polar surface area (TPSA) is 67.4 Å². The number of benzene rings is 2. The lowest BCUT2D eigenvalue weighted by atomic mass is 10.0. The summed E-state index contributed by atoms with van der Waals surface area (Å²) in [6.45, 7) is 6.86. The Morgan fingerprint density at radius 1 is 1.04 bits per heavy atom. The first-order valence-corrected chi connectivity index (χ1v) is 10.5. The van der Waals surface area contributed by atoms with Crippen molar-refractivity contribution in [3.05, 3.63) is 60.2 Å². The highest BCUT2D eigenvalue weighted by atomic mass is 32.2. The van der Waals surface area contributed by atoms with Crippen LogP contribution in [-0.2, 0) is 4.79 Å². The Kier molecular flexibility index (Phi) is 8.88. The summed E-state index contributed by atoms with van der Waals surface area (Å²) in [4.78, 5) is 26.2. The number of thioether (sulfide) groups is 1. The maximum absolute atomic E-state index is 12.5. The van der Waals surface area contributed by atoms with E-state index < -0.39 is 6.04 Å². The summed E-state index contributed by atoms with van der Waals surface area (Å²) < 4.78 is 5.39. The molecule has 5 nitrogen and oxygen atoms in total. The number of hydrogen-bond donors (Lipinski definition) is 2. The quantitative estimate of drug-likeness (QED) is 0.471. The van der Waals surface area contributed by atoms with E-state index in [2.05, 4.69) is 10.6 Å². The summed E-state index contributed by atoms with van der Waals surface area (Å²) >= 11 is 1.68. The standard InChI is InChI=1S/C22H28N2O3S/c1-4-27-18-12-10-17(11-13-18)21(25)24-20(16(2)3)22(26)23-14-15-28-19-8-6-5-7-9-19/h5-13,16,20H,4,14-15H2,1-3H3,(H,23,26)(H,24,25)/t20-/m0/s1. The van der Waals surface area contributed by atoms with E-state index in [1.807, 2.05) is 51.1 Å². The molecule has 0 aliphatic heterocycles. The Labute approximate surface area is 171 Å². The van der Waals surface area contributed by atoms with Gasteiger partial charge in [0.2, 0.25) is 5.91 Å². The number of rotatable bonds is 10. The predicted molar refractivity (Wildman–Crippen MR) is 114 cm³/mol. The van der Waals surface area contributed by atoms with Crippen molar-refractivity contribution < 1.29 is 14.3 Å². The zero-order chi connectivity index (χ0) is 20.4. The fourth-order valence-electron chi connectivity index (χ4n) is 2.60. The van der Waals surface area contributed by atoms with Gasteiger partial charge in [-0.25, -0.2) is 0 Å². The van der Waals surface area contributed by atoms with E-state index in [0.717, 1.165) is 5.75 Å². The highest BCUT2D eigenvalue weighted by molar-refractivity contribution is 7.99. The van der Waals surface area contributed by atoms with E-state index in [-0.39, 0.29) is 17.7 Å². The Bertz CT molecular complexity index is 748. The molecule has 2 aromatic rings. The van der Waals surface area contributed by atoms with Gasteiger partial charge in [-0.05, 0) is 49.2 Å². The van der Waals surface area contributed by atoms with E-state index >= 15 is 0 Å². The lowest BCUT2D eigenvalue weighted by Crippen LogP contribution is -2.50. The Morgan fingerprint density at radius 3 is 2.32 bits per heavy atom. The molecule has 2 amide bonds. The number of ether oxygens (including phenoxy) is 1. The molecular formula is C22H28N2O3S. The highest BCUT2D eigenvalue weighted by Gasteiger charge is 2.24. The van der Waals surface area contributed by atoms with E-state index in [1.165, 1.54) is 4.90 Å². The second-order valence-electron chi connectivity index (χ2n) is 6.61. The van der Waals surface area contributed by atoms with Crippen molar-refractivity contribution in [2.75, 3.05) is 18.9 Å². The van der Waals surface area contributed by atoms with Crippen LogP contribution in [0.1, 0.15) is 31.1 Å². The van der Waals surface area contributed by atoms with E-state index in [4.69, 9.17) is 4.74 Å². The maximum Gasteiger partial charge on any atom is 0.251 e. The van der Waals surface area contributed by atoms with Crippen LogP contribution < -0.4 is 15.4 Å². The number of nitrogens with one attached hydrogen (secondary N) is 2. The zero-order valence-corrected chi connectivity index (χ0v) is 17.4. The van der Waals surface area contributed by atoms with Gasteiger partial charge in [0.15, 0.2) is 0 Å². The number of amides is 2. The summed E-state index contributed by atoms with van der Waals surface area (Å²) in [6.07, 6.45) is 0. The Morgan fingerprint density at radius 2 is 1.71 bits per heavy atom. The SMILES string of the molecule is CCOc1ccc(C(=O)N[C@H](C(=O)NCCSc2ccccc2)C(C)C)cc1. The van der Waals surface area contributed by atoms with Crippen LogP contribution in [0.5, 0.6) is 5.75 Å². The molecule has 0 radical (unpaired) electrons. The van der Waals surface area contributed by atoms with Gasteiger partial charge in [0.25, 0.3) is 5.91 Å². The highest BCUT2D eigenvalue weighted by Crippen LogP contribution is 2.16. The number of carbonyl (C=O) groups is 2. The maximum atomic E-state index is 12.5. The van der Waals surface area contributed by atoms with Gasteiger partial charge in [0.1, 0.15) is 11.8 Å². The van der Waals surface area contributed by atoms with Gasteiger partial charge in [-0.15, -0.1) is 11.8 Å². The van der Waals surface area contributed by atoms with Crippen LogP contribution in [0.3, 0.4) is 0 Å². The molecule has 0 heterocycles. The smallest absolute Gasteiger partial charge is 0.251 e. The lowest BCUT2D eigenvalue weighted by molar-refractivity contribution is -0.123. The van der Waals surface area contributed by atoms with Crippen LogP contribution in [0, 0.1) is 5.92 Å². The minimum absolute atomic E-state index is 0.0200. The zero-order valence-electron chi connectivity index (χ0n) is 16.6. The molecule has 0 aromatic heterocycles. The average molecular weight is 401 g/mol. The van der Waals surface area contributed by atoms with Crippen LogP contribution in [0.4, 0.5) is 0 Å². The fourth-order valence-corrected chi connectivity index (χ4v) is 3.39. The van der Waals surface area contributed by atoms with Crippen molar-refractivity contribution in [2.45, 2.75) is 31.7 Å². The van der Waals surface area contributed by atoms with Gasteiger partial charge in [-0.1, -0.05) is 32.0 Å². The predicted octanol–water partition coefficient (Wildman–Crippen LogP) is 3.75. The molecule has 1 atom stereocenters. The normalized spacial score (nSPS) is 11.7. The molecule has 150 valence electrons. The van der Waals surface area contributed by atoms with E-state index in [0.29, 0.717) is 24.5 Å². The monoisotopic (exact) mass is 400 g/mol. The van der Waals surface area contributed by atoms with Crippen molar-refractivity contribution in [3.63, 3.8) is 0 Å². The molecule has 0 bridgehead atoms. The second-order valence-corrected chi connectivity index (χ2v) is 7.77. The lowest BCUT2D eigenvalue weighted by Gasteiger charge is -2.22. The van der Waals surface area contributed by atoms with Gasteiger partial charge in [-0.3, -0.25) is 9.59 Å². The first-order chi connectivity index (χ1) is 13.5. The molecule has 0 saturated carbocycles. The van der Waals surface area contributed by atoms with Crippen molar-refractivity contribution in [1.82, 2.24) is 10.6 Å². The Hall–Kier alpha value is -2.47. The third-order valence-electron chi connectivity index (χ3n) is 4.08. The van der Waals surface area contributed by atoms with Crippen molar-refractivity contribution in [1.29, 1.82) is 0 Å². The Balaban J connectivity index is 1.85. The minimum Gasteiger partial charge on any atom is -0.494 e. The largest absolute Gasteiger partial charge is 0.494 e. The molecule has 6 heteroatoms. The van der Waals surface area contributed by atoms with Crippen LogP contribution in [0.2, 0.25) is 0 Å². The molecule has 28 heavy (non-hydrogen) atoms. The second kappa shape index (κ2) is 11.4. The van der Waals surface area contributed by atoms with Crippen LogP contribution in [0.25, 0.3) is 0 Å². The molecule has 2 N–H and O–H groups in total. The first kappa shape index (κ1) is 21.8. The van der Waals surface area contributed by atoms with Crippen LogP contribution >= 0.6 is 11.8 Å². The van der Waals surface area contributed by atoms with Gasteiger partial charge in [0, 0.05) is 22.8 Å². The van der Waals surface area contributed by atoms with Gasteiger partial charge in [0.05, 0.1) is 6.61 Å². The van der Waals surface area contributed by atoms with Crippen molar-refractivity contribution in [2.24, 2.45) is 5.92 Å². The molecule has 0 unspecified atom stereocenters. The summed E-state index contributed by atoms with van der Waals surface area (Å²) in [5, 5.41) is 5.77. The summed E-state index contributed by atoms with van der Waals surface area (Å²) in [7, 11) is 0. The molecule has 2 rings (SSSR count). The first-order valence-electron chi connectivity index (χ1n) is 9.50. The van der Waals surface area contributed by atoms with Crippen molar-refractivity contribution >= 4 is 23.6 Å². The molecule has 0 spiro atoms. The molecular weight excluding hydrogens is 372 g/mol. The van der Waals surface area contributed by atoms with E-state index in [1.54, 1.807) is 36.0 Å². The third kappa shape index (κ3) is 6.93. The molecule has 2 aromatic carbocycles. The summed E-state index contributed by atoms with van der Waals surface area (Å²) in [5.74, 6) is 1.04. The van der Waals surface area contributed by atoms with Crippen LogP contribution in [-0.4, -0.2) is 36.8 Å². The number of hydrogen-bond acceptors (Lipinski definition) is 4. The molecule has 0 aliphatic carbocycles. The average Bonchev–Trinajstić information content (AvgIpc) is 2.70. The van der Waals surface area contributed by atoms with Gasteiger partial charge < -0.3 is 15.4 Å². The van der Waals surface area contributed by atoms with Gasteiger partial charge >= 0.3 is 0 Å². The van der Waals surface area contributed by atoms with E-state index in [9.17, 15) is 9.59 Å². The minimum atomic E-state index is -0.583. The molecule has 0 saturated heterocycles. The van der Waals surface area contributed by atoms with Crippen LogP contribution in [0.15, 0.2) is 59.5 Å². The third-order valence-corrected chi connectivity index (χ3v) is 5.09. The number of carbonyl (C=O) groups excluding carboxylic acids is 2.